The lowest BCUT2D eigenvalue weighted by Gasteiger charge is -2.31. The number of ether oxygens (including phenoxy) is 1. The Morgan fingerprint density at radius 3 is 2.59 bits per heavy atom. The van der Waals surface area contributed by atoms with E-state index < -0.39 is 0 Å². The summed E-state index contributed by atoms with van der Waals surface area (Å²) in [5, 5.41) is 0. The first kappa shape index (κ1) is 16.8. The van der Waals surface area contributed by atoms with Gasteiger partial charge in [-0.3, -0.25) is 4.79 Å². The number of piperidine rings is 1. The summed E-state index contributed by atoms with van der Waals surface area (Å²) in [6, 6.07) is 10.4. The van der Waals surface area contributed by atoms with Gasteiger partial charge in [-0.15, -0.1) is 0 Å². The molecular weight excluding hydrogens is 274 g/mol. The number of rotatable bonds is 6. The molecule has 0 unspecified atom stereocenters. The molecule has 1 fully saturated rings. The molecule has 0 aromatic heterocycles. The van der Waals surface area contributed by atoms with Crippen molar-refractivity contribution in [3.05, 3.63) is 47.5 Å². The Labute approximate surface area is 134 Å². The maximum atomic E-state index is 12.3. The standard InChI is InChI=1S/C19H27NO2/c1-3-22-18-11-13-20(14-12-18)19(21)15-16(2)9-10-17-7-5-4-6-8-17/h4-8,15,18H,3,9-14H2,1-2H3/b16-15-. The highest BCUT2D eigenvalue weighted by molar-refractivity contribution is 5.88. The molecule has 120 valence electrons. The fourth-order valence-electron chi connectivity index (χ4n) is 2.84. The Balaban J connectivity index is 1.78. The van der Waals surface area contributed by atoms with Crippen molar-refractivity contribution in [2.45, 2.75) is 45.6 Å². The zero-order valence-corrected chi connectivity index (χ0v) is 13.8. The van der Waals surface area contributed by atoms with Crippen molar-refractivity contribution in [2.24, 2.45) is 0 Å². The van der Waals surface area contributed by atoms with E-state index in [0.29, 0.717) is 6.10 Å². The van der Waals surface area contributed by atoms with E-state index in [9.17, 15) is 4.79 Å². The second-order valence-corrected chi connectivity index (χ2v) is 5.96. The first-order chi connectivity index (χ1) is 10.7. The highest BCUT2D eigenvalue weighted by atomic mass is 16.5. The van der Waals surface area contributed by atoms with Crippen LogP contribution in [0.3, 0.4) is 0 Å². The molecule has 1 saturated heterocycles. The maximum absolute atomic E-state index is 12.3. The summed E-state index contributed by atoms with van der Waals surface area (Å²) in [7, 11) is 0. The predicted molar refractivity (Wildman–Crippen MR) is 89.7 cm³/mol. The van der Waals surface area contributed by atoms with Crippen molar-refractivity contribution in [1.82, 2.24) is 4.90 Å². The van der Waals surface area contributed by atoms with E-state index in [-0.39, 0.29) is 5.91 Å². The number of carbonyl (C=O) groups is 1. The monoisotopic (exact) mass is 301 g/mol. The van der Waals surface area contributed by atoms with Gasteiger partial charge in [-0.1, -0.05) is 35.9 Å². The lowest BCUT2D eigenvalue weighted by atomic mass is 10.0. The van der Waals surface area contributed by atoms with Crippen LogP contribution in [-0.2, 0) is 16.0 Å². The number of benzene rings is 1. The molecule has 1 heterocycles. The van der Waals surface area contributed by atoms with Crippen LogP contribution in [0.15, 0.2) is 42.0 Å². The number of amides is 1. The van der Waals surface area contributed by atoms with Crippen molar-refractivity contribution in [3.8, 4) is 0 Å². The summed E-state index contributed by atoms with van der Waals surface area (Å²) >= 11 is 0. The van der Waals surface area contributed by atoms with Crippen LogP contribution in [0, 0.1) is 0 Å². The third-order valence-corrected chi connectivity index (χ3v) is 4.18. The van der Waals surface area contributed by atoms with E-state index in [0.717, 1.165) is 51.0 Å². The highest BCUT2D eigenvalue weighted by Gasteiger charge is 2.21. The zero-order chi connectivity index (χ0) is 15.8. The van der Waals surface area contributed by atoms with Crippen molar-refractivity contribution in [3.63, 3.8) is 0 Å². The van der Waals surface area contributed by atoms with Crippen LogP contribution < -0.4 is 0 Å². The van der Waals surface area contributed by atoms with Crippen molar-refractivity contribution >= 4 is 5.91 Å². The molecule has 0 radical (unpaired) electrons. The average molecular weight is 301 g/mol. The predicted octanol–water partition coefficient (Wildman–Crippen LogP) is 3.59. The molecule has 1 aromatic carbocycles. The topological polar surface area (TPSA) is 29.5 Å². The molecule has 2 rings (SSSR count). The summed E-state index contributed by atoms with van der Waals surface area (Å²) in [6.45, 7) is 6.46. The number of aryl methyl sites for hydroxylation is 1. The molecular formula is C19H27NO2. The number of likely N-dealkylation sites (tertiary alicyclic amines) is 1. The first-order valence-electron chi connectivity index (χ1n) is 8.30. The van der Waals surface area contributed by atoms with E-state index in [4.69, 9.17) is 4.74 Å². The number of carbonyl (C=O) groups excluding carboxylic acids is 1. The fourth-order valence-corrected chi connectivity index (χ4v) is 2.84. The van der Waals surface area contributed by atoms with Crippen LogP contribution in [0.1, 0.15) is 38.7 Å². The Kier molecular flexibility index (Phi) is 6.66. The van der Waals surface area contributed by atoms with E-state index in [2.05, 4.69) is 24.3 Å². The molecule has 0 saturated carbocycles. The fraction of sp³-hybridized carbons (Fsp3) is 0.526. The maximum Gasteiger partial charge on any atom is 0.246 e. The summed E-state index contributed by atoms with van der Waals surface area (Å²) in [4.78, 5) is 14.2. The molecule has 3 heteroatoms. The molecule has 1 aromatic rings. The van der Waals surface area contributed by atoms with Gasteiger partial charge in [0.1, 0.15) is 0 Å². The molecule has 0 aliphatic carbocycles. The van der Waals surface area contributed by atoms with E-state index in [1.54, 1.807) is 0 Å². The van der Waals surface area contributed by atoms with Gasteiger partial charge in [0.25, 0.3) is 0 Å². The van der Waals surface area contributed by atoms with Gasteiger partial charge < -0.3 is 9.64 Å². The molecule has 0 atom stereocenters. The summed E-state index contributed by atoms with van der Waals surface area (Å²) < 4.78 is 5.63. The Morgan fingerprint density at radius 1 is 1.27 bits per heavy atom. The Bertz CT molecular complexity index is 487. The minimum Gasteiger partial charge on any atom is -0.378 e. The second-order valence-electron chi connectivity index (χ2n) is 5.96. The van der Waals surface area contributed by atoms with Crippen molar-refractivity contribution in [1.29, 1.82) is 0 Å². The van der Waals surface area contributed by atoms with E-state index in [1.807, 2.05) is 30.9 Å². The quantitative estimate of drug-likeness (QED) is 0.751. The lowest BCUT2D eigenvalue weighted by molar-refractivity contribution is -0.128. The average Bonchev–Trinajstić information content (AvgIpc) is 2.55. The summed E-state index contributed by atoms with van der Waals surface area (Å²) in [5.74, 6) is 0.153. The second kappa shape index (κ2) is 8.74. The summed E-state index contributed by atoms with van der Waals surface area (Å²) in [5.41, 5.74) is 2.47. The Morgan fingerprint density at radius 2 is 1.95 bits per heavy atom. The van der Waals surface area contributed by atoms with Crippen LogP contribution in [0.4, 0.5) is 0 Å². The SMILES string of the molecule is CCOC1CCN(C(=O)/C=C(/C)CCc2ccccc2)CC1. The first-order valence-corrected chi connectivity index (χ1v) is 8.30. The van der Waals surface area contributed by atoms with Gasteiger partial charge in [-0.2, -0.15) is 0 Å². The number of hydrogen-bond acceptors (Lipinski definition) is 2. The smallest absolute Gasteiger partial charge is 0.246 e. The van der Waals surface area contributed by atoms with Crippen molar-refractivity contribution < 1.29 is 9.53 Å². The van der Waals surface area contributed by atoms with Crippen LogP contribution >= 0.6 is 0 Å². The number of nitrogens with zero attached hydrogens (tertiary/aromatic N) is 1. The Hall–Kier alpha value is -1.61. The molecule has 3 nitrogen and oxygen atoms in total. The minimum atomic E-state index is 0.153. The number of hydrogen-bond donors (Lipinski definition) is 0. The van der Waals surface area contributed by atoms with Gasteiger partial charge in [0.15, 0.2) is 0 Å². The third-order valence-electron chi connectivity index (χ3n) is 4.18. The molecule has 1 aliphatic heterocycles. The van der Waals surface area contributed by atoms with Gasteiger partial charge in [0.2, 0.25) is 5.91 Å². The molecule has 1 aliphatic rings. The lowest BCUT2D eigenvalue weighted by Crippen LogP contribution is -2.40. The minimum absolute atomic E-state index is 0.153. The van der Waals surface area contributed by atoms with Crippen molar-refractivity contribution in [2.75, 3.05) is 19.7 Å². The van der Waals surface area contributed by atoms with Gasteiger partial charge in [0.05, 0.1) is 6.10 Å². The van der Waals surface area contributed by atoms with Gasteiger partial charge in [0, 0.05) is 25.8 Å². The van der Waals surface area contributed by atoms with Crippen LogP contribution in [0.5, 0.6) is 0 Å². The molecule has 22 heavy (non-hydrogen) atoms. The molecule has 0 bridgehead atoms. The normalized spacial score (nSPS) is 16.8. The number of allylic oxidation sites excluding steroid dienone is 1. The van der Waals surface area contributed by atoms with E-state index in [1.165, 1.54) is 5.56 Å². The van der Waals surface area contributed by atoms with Gasteiger partial charge in [-0.25, -0.2) is 0 Å². The van der Waals surface area contributed by atoms with Crippen LogP contribution in [-0.4, -0.2) is 36.6 Å². The molecule has 0 N–H and O–H groups in total. The summed E-state index contributed by atoms with van der Waals surface area (Å²) in [6.07, 6.45) is 5.97. The largest absolute Gasteiger partial charge is 0.378 e. The van der Waals surface area contributed by atoms with Gasteiger partial charge >= 0.3 is 0 Å². The molecule has 0 spiro atoms. The van der Waals surface area contributed by atoms with E-state index >= 15 is 0 Å². The van der Waals surface area contributed by atoms with Crippen LogP contribution in [0.25, 0.3) is 0 Å². The third kappa shape index (κ3) is 5.30. The van der Waals surface area contributed by atoms with Crippen LogP contribution in [0.2, 0.25) is 0 Å². The zero-order valence-electron chi connectivity index (χ0n) is 13.8. The van der Waals surface area contributed by atoms with Gasteiger partial charge in [-0.05, 0) is 45.1 Å². The highest BCUT2D eigenvalue weighted by Crippen LogP contribution is 2.15. The molecule has 1 amide bonds.